The van der Waals surface area contributed by atoms with Gasteiger partial charge in [0.25, 0.3) is 0 Å². The van der Waals surface area contributed by atoms with E-state index in [1.807, 2.05) is 91.0 Å². The van der Waals surface area contributed by atoms with E-state index in [2.05, 4.69) is 0 Å². The number of anilines is 2. The Labute approximate surface area is 199 Å². The van der Waals surface area contributed by atoms with Crippen molar-refractivity contribution in [1.29, 1.82) is 0 Å². The number of para-hydroxylation sites is 2. The summed E-state index contributed by atoms with van der Waals surface area (Å²) in [5, 5.41) is 10.2. The average molecular weight is 457 g/mol. The van der Waals surface area contributed by atoms with Gasteiger partial charge in [-0.1, -0.05) is 66.7 Å². The highest BCUT2D eigenvalue weighted by Crippen LogP contribution is 2.43. The van der Waals surface area contributed by atoms with E-state index >= 15 is 0 Å². The summed E-state index contributed by atoms with van der Waals surface area (Å²) >= 11 is 0. The first-order valence-corrected chi connectivity index (χ1v) is 11.7. The average Bonchev–Trinajstić information content (AvgIpc) is 2.89. The molecule has 6 nitrogen and oxygen atoms in total. The highest BCUT2D eigenvalue weighted by atomic mass is 16.5. The van der Waals surface area contributed by atoms with Crippen molar-refractivity contribution >= 4 is 23.4 Å². The molecule has 6 rings (SSSR count). The monoisotopic (exact) mass is 456 g/mol. The van der Waals surface area contributed by atoms with Crippen molar-refractivity contribution in [3.05, 3.63) is 96.6 Å². The Kier molecular flexibility index (Phi) is 6.32. The van der Waals surface area contributed by atoms with Gasteiger partial charge in [0.15, 0.2) is 0 Å². The summed E-state index contributed by atoms with van der Waals surface area (Å²) in [6.07, 6.45) is 1.97. The van der Waals surface area contributed by atoms with Crippen LogP contribution in [0.1, 0.15) is 24.8 Å². The molecule has 2 saturated heterocycles. The molecule has 174 valence electrons. The van der Waals surface area contributed by atoms with E-state index in [4.69, 9.17) is 4.74 Å². The van der Waals surface area contributed by atoms with Gasteiger partial charge < -0.3 is 14.7 Å². The molecule has 1 aliphatic carbocycles. The second kappa shape index (κ2) is 9.69. The van der Waals surface area contributed by atoms with Gasteiger partial charge >= 0.3 is 12.0 Å². The fourth-order valence-corrected chi connectivity index (χ4v) is 5.36. The third-order valence-corrected chi connectivity index (χ3v) is 6.91. The van der Waals surface area contributed by atoms with Gasteiger partial charge in [-0.2, -0.15) is 0 Å². The van der Waals surface area contributed by atoms with Crippen molar-refractivity contribution < 1.29 is 19.4 Å². The summed E-state index contributed by atoms with van der Waals surface area (Å²) in [7, 11) is 0. The first-order valence-electron chi connectivity index (χ1n) is 11.7. The van der Waals surface area contributed by atoms with Crippen LogP contribution in [-0.2, 0) is 16.1 Å². The number of carbonyl (C=O) groups excluding carboxylic acids is 1. The van der Waals surface area contributed by atoms with Gasteiger partial charge in [-0.05, 0) is 49.1 Å². The molecule has 2 amide bonds. The number of nitrogens with zero attached hydrogens (tertiary/aromatic N) is 2. The highest BCUT2D eigenvalue weighted by molar-refractivity contribution is 6.01. The molecule has 4 atom stereocenters. The molecule has 1 saturated carbocycles. The zero-order valence-corrected chi connectivity index (χ0v) is 18.9. The van der Waals surface area contributed by atoms with Gasteiger partial charge in [-0.3, -0.25) is 4.90 Å². The molecular formula is C28H28N2O4. The standard InChI is InChI=1S/C28H28N2O4/c31-27(32)26-24-17-16-23(18-25(24)34-19-20-10-4-1-5-11-20)30(26)28(33)29(21-12-6-2-7-13-21)22-14-8-3-9-15-22/h1-15,23-26H,16-19H2,(H,31,32)/t23-,24+,25?,26+/m0/s1. The summed E-state index contributed by atoms with van der Waals surface area (Å²) in [6.45, 7) is 0.440. The molecule has 2 heterocycles. The quantitative estimate of drug-likeness (QED) is 0.534. The topological polar surface area (TPSA) is 70.1 Å². The number of carboxylic acid groups (broad SMARTS) is 1. The van der Waals surface area contributed by atoms with Crippen LogP contribution in [0.25, 0.3) is 0 Å². The number of amides is 2. The highest BCUT2D eigenvalue weighted by Gasteiger charge is 2.53. The SMILES string of the molecule is O=C(O)[C@H]1[C@@H]2CC[C@@H](CC2OCc2ccccc2)N1C(=O)N(c1ccccc1)c1ccccc1. The first kappa shape index (κ1) is 22.2. The van der Waals surface area contributed by atoms with Gasteiger partial charge in [0, 0.05) is 12.0 Å². The summed E-state index contributed by atoms with van der Waals surface area (Å²) in [5.41, 5.74) is 2.48. The van der Waals surface area contributed by atoms with Crippen LogP contribution in [-0.4, -0.2) is 40.2 Å². The van der Waals surface area contributed by atoms with Crippen molar-refractivity contribution in [2.45, 2.75) is 44.1 Å². The van der Waals surface area contributed by atoms with Crippen LogP contribution in [0.5, 0.6) is 0 Å². The molecular weight excluding hydrogens is 428 g/mol. The number of fused-ring (bicyclic) bond motifs is 3. The van der Waals surface area contributed by atoms with Crippen LogP contribution < -0.4 is 4.90 Å². The minimum absolute atomic E-state index is 0.186. The third kappa shape index (κ3) is 4.29. The van der Waals surface area contributed by atoms with Crippen LogP contribution >= 0.6 is 0 Å². The first-order chi connectivity index (χ1) is 16.6. The maximum Gasteiger partial charge on any atom is 0.330 e. The maximum atomic E-state index is 14.0. The largest absolute Gasteiger partial charge is 0.480 e. The molecule has 0 spiro atoms. The van der Waals surface area contributed by atoms with Crippen LogP contribution in [0.15, 0.2) is 91.0 Å². The number of urea groups is 1. The van der Waals surface area contributed by atoms with Crippen molar-refractivity contribution in [2.75, 3.05) is 4.90 Å². The Balaban J connectivity index is 1.43. The predicted octanol–water partition coefficient (Wildman–Crippen LogP) is 5.47. The van der Waals surface area contributed by atoms with E-state index in [9.17, 15) is 14.7 Å². The smallest absolute Gasteiger partial charge is 0.330 e. The van der Waals surface area contributed by atoms with E-state index in [1.165, 1.54) is 0 Å². The second-order valence-electron chi connectivity index (χ2n) is 8.95. The lowest BCUT2D eigenvalue weighted by molar-refractivity contribution is -0.161. The van der Waals surface area contributed by atoms with Crippen molar-refractivity contribution in [3.8, 4) is 0 Å². The Morgan fingerprint density at radius 2 is 1.41 bits per heavy atom. The lowest BCUT2D eigenvalue weighted by Crippen LogP contribution is -2.66. The molecule has 3 fully saturated rings. The molecule has 1 unspecified atom stereocenters. The van der Waals surface area contributed by atoms with Gasteiger partial charge in [-0.15, -0.1) is 0 Å². The lowest BCUT2D eigenvalue weighted by Gasteiger charge is -2.53. The minimum atomic E-state index is -0.975. The van der Waals surface area contributed by atoms with Gasteiger partial charge in [0.1, 0.15) is 6.04 Å². The number of hydrogen-bond acceptors (Lipinski definition) is 3. The van der Waals surface area contributed by atoms with E-state index in [0.29, 0.717) is 24.4 Å². The maximum absolute atomic E-state index is 14.0. The summed E-state index contributed by atoms with van der Waals surface area (Å²) in [6, 6.07) is 27.3. The van der Waals surface area contributed by atoms with E-state index < -0.39 is 12.0 Å². The Bertz CT molecular complexity index is 1080. The Hall–Kier alpha value is -3.64. The zero-order valence-electron chi connectivity index (χ0n) is 18.9. The number of aliphatic carboxylic acids is 1. The molecule has 2 aliphatic heterocycles. The van der Waals surface area contributed by atoms with E-state index in [1.54, 1.807) is 9.80 Å². The number of carbonyl (C=O) groups is 2. The van der Waals surface area contributed by atoms with Gasteiger partial charge in [0.2, 0.25) is 0 Å². The fourth-order valence-electron chi connectivity index (χ4n) is 5.36. The van der Waals surface area contributed by atoms with Crippen LogP contribution in [0.4, 0.5) is 16.2 Å². The van der Waals surface area contributed by atoms with Crippen molar-refractivity contribution in [3.63, 3.8) is 0 Å². The summed E-state index contributed by atoms with van der Waals surface area (Å²) < 4.78 is 6.23. The summed E-state index contributed by atoms with van der Waals surface area (Å²) in [4.78, 5) is 29.8. The number of hydrogen-bond donors (Lipinski definition) is 1. The molecule has 3 aromatic carbocycles. The van der Waals surface area contributed by atoms with Crippen LogP contribution in [0.2, 0.25) is 0 Å². The van der Waals surface area contributed by atoms with Crippen molar-refractivity contribution in [2.24, 2.45) is 5.92 Å². The van der Waals surface area contributed by atoms with Gasteiger partial charge in [-0.25, -0.2) is 9.59 Å². The second-order valence-corrected chi connectivity index (χ2v) is 8.95. The van der Waals surface area contributed by atoms with Crippen molar-refractivity contribution in [1.82, 2.24) is 4.90 Å². The number of rotatable bonds is 6. The van der Waals surface area contributed by atoms with E-state index in [-0.39, 0.29) is 24.1 Å². The van der Waals surface area contributed by atoms with Crippen LogP contribution in [0.3, 0.4) is 0 Å². The van der Waals surface area contributed by atoms with Gasteiger partial charge in [0.05, 0.1) is 24.1 Å². The molecule has 3 aromatic rings. The normalized spacial score (nSPS) is 23.5. The Morgan fingerprint density at radius 1 is 0.853 bits per heavy atom. The fraction of sp³-hybridized carbons (Fsp3) is 0.286. The van der Waals surface area contributed by atoms with Crippen LogP contribution in [0, 0.1) is 5.92 Å². The molecule has 3 aliphatic rings. The Morgan fingerprint density at radius 3 is 1.97 bits per heavy atom. The predicted molar refractivity (Wildman–Crippen MR) is 130 cm³/mol. The molecule has 2 bridgehead atoms. The molecule has 0 radical (unpaired) electrons. The molecule has 6 heteroatoms. The minimum Gasteiger partial charge on any atom is -0.480 e. The lowest BCUT2D eigenvalue weighted by atomic mass is 9.72. The molecule has 34 heavy (non-hydrogen) atoms. The summed E-state index contributed by atoms with van der Waals surface area (Å²) in [5.74, 6) is -1.22. The van der Waals surface area contributed by atoms with E-state index in [0.717, 1.165) is 18.4 Å². The number of carboxylic acids is 1. The molecule has 0 aromatic heterocycles. The molecule has 1 N–H and O–H groups in total. The number of piperidine rings is 2. The number of ether oxygens (including phenoxy) is 1. The third-order valence-electron chi connectivity index (χ3n) is 6.91. The zero-order chi connectivity index (χ0) is 23.5. The number of benzene rings is 3.